The first-order valence-corrected chi connectivity index (χ1v) is 11.1. The normalized spacial score (nSPS) is 20.1. The molecule has 8 heteroatoms. The molecule has 5 rings (SSSR count). The van der Waals surface area contributed by atoms with Crippen LogP contribution in [0.5, 0.6) is 0 Å². The molecule has 1 saturated heterocycles. The fourth-order valence-electron chi connectivity index (χ4n) is 4.23. The quantitative estimate of drug-likeness (QED) is 0.765. The van der Waals surface area contributed by atoms with Crippen molar-refractivity contribution in [1.82, 2.24) is 15.0 Å². The molecule has 3 aliphatic rings. The van der Waals surface area contributed by atoms with Gasteiger partial charge in [-0.05, 0) is 25.7 Å². The molecule has 0 N–H and O–H groups in total. The van der Waals surface area contributed by atoms with Gasteiger partial charge in [0.25, 0.3) is 0 Å². The first-order valence-electron chi connectivity index (χ1n) is 10.3. The summed E-state index contributed by atoms with van der Waals surface area (Å²) in [6, 6.07) is 3.33. The highest BCUT2D eigenvalue weighted by Gasteiger charge is 2.37. The van der Waals surface area contributed by atoms with Gasteiger partial charge in [-0.25, -0.2) is 15.0 Å². The molecular weight excluding hydrogens is 372 g/mol. The summed E-state index contributed by atoms with van der Waals surface area (Å²) in [6.45, 7) is 3.67. The van der Waals surface area contributed by atoms with Crippen molar-refractivity contribution in [3.63, 3.8) is 0 Å². The van der Waals surface area contributed by atoms with E-state index in [2.05, 4.69) is 25.8 Å². The first-order chi connectivity index (χ1) is 13.7. The van der Waals surface area contributed by atoms with E-state index < -0.39 is 0 Å². The third-order valence-electron chi connectivity index (χ3n) is 5.91. The lowest BCUT2D eigenvalue weighted by molar-refractivity contribution is 0.112. The Morgan fingerprint density at radius 3 is 2.54 bits per heavy atom. The number of fused-ring (bicyclic) bond motifs is 1. The molecular formula is C20H28N6OS. The molecule has 150 valence electrons. The molecule has 4 heterocycles. The van der Waals surface area contributed by atoms with Gasteiger partial charge in [0.2, 0.25) is 0 Å². The largest absolute Gasteiger partial charge is 0.375 e. The third kappa shape index (κ3) is 3.55. The molecule has 2 aromatic heterocycles. The molecule has 0 unspecified atom stereocenters. The summed E-state index contributed by atoms with van der Waals surface area (Å²) in [5, 5.41) is 1.18. The van der Waals surface area contributed by atoms with E-state index in [9.17, 15) is 0 Å². The first kappa shape index (κ1) is 18.1. The molecule has 0 bridgehead atoms. The zero-order valence-electron chi connectivity index (χ0n) is 16.7. The smallest absolute Gasteiger partial charge is 0.185 e. The van der Waals surface area contributed by atoms with Crippen molar-refractivity contribution in [1.29, 1.82) is 0 Å². The van der Waals surface area contributed by atoms with Gasteiger partial charge >= 0.3 is 0 Å². The van der Waals surface area contributed by atoms with E-state index in [-0.39, 0.29) is 0 Å². The highest BCUT2D eigenvalue weighted by molar-refractivity contribution is 7.15. The Hall–Kier alpha value is -1.93. The molecule has 2 aromatic rings. The predicted octanol–water partition coefficient (Wildman–Crippen LogP) is 2.71. The van der Waals surface area contributed by atoms with Crippen LogP contribution in [-0.4, -0.2) is 60.8 Å². The number of rotatable bonds is 5. The molecule has 2 fully saturated rings. The number of piperidine rings is 1. The van der Waals surface area contributed by atoms with E-state index in [0.29, 0.717) is 12.1 Å². The molecule has 2 aliphatic heterocycles. The summed E-state index contributed by atoms with van der Waals surface area (Å²) in [5.41, 5.74) is 1.25. The summed E-state index contributed by atoms with van der Waals surface area (Å²) in [5.74, 6) is 2.06. The maximum atomic E-state index is 5.58. The van der Waals surface area contributed by atoms with Crippen molar-refractivity contribution in [2.24, 2.45) is 0 Å². The maximum absolute atomic E-state index is 5.58. The highest BCUT2D eigenvalue weighted by atomic mass is 32.1. The molecule has 0 spiro atoms. The number of ether oxygens (including phenoxy) is 1. The average Bonchev–Trinajstić information content (AvgIpc) is 3.45. The fraction of sp³-hybridized carbons (Fsp3) is 0.650. The molecule has 1 saturated carbocycles. The molecule has 0 radical (unpaired) electrons. The van der Waals surface area contributed by atoms with E-state index >= 15 is 0 Å². The topological polar surface area (TPSA) is 57.6 Å². The summed E-state index contributed by atoms with van der Waals surface area (Å²) >= 11 is 1.82. The lowest BCUT2D eigenvalue weighted by atomic mass is 10.0. The maximum Gasteiger partial charge on any atom is 0.185 e. The van der Waals surface area contributed by atoms with Crippen LogP contribution < -0.4 is 14.7 Å². The Kier molecular flexibility index (Phi) is 4.84. The second-order valence-electron chi connectivity index (χ2n) is 8.15. The lowest BCUT2D eigenvalue weighted by Gasteiger charge is -2.39. The van der Waals surface area contributed by atoms with Crippen LogP contribution in [0.25, 0.3) is 0 Å². The zero-order chi connectivity index (χ0) is 19.1. The summed E-state index contributed by atoms with van der Waals surface area (Å²) in [6.07, 6.45) is 7.52. The predicted molar refractivity (Wildman–Crippen MR) is 113 cm³/mol. The standard InChI is InChI=1S/C20H28N6OS/c1-24(2)18-11-19(22-13-21-18)26(14-3-4-14)15-5-8-25(9-6-15)20-23-16-7-10-27-12-17(16)28-20/h11,13-15H,3-10,12H2,1-2H3. The van der Waals surface area contributed by atoms with Gasteiger partial charge in [0, 0.05) is 51.8 Å². The van der Waals surface area contributed by atoms with E-state index in [1.807, 2.05) is 30.3 Å². The number of aromatic nitrogens is 3. The zero-order valence-corrected chi connectivity index (χ0v) is 17.5. The van der Waals surface area contributed by atoms with Crippen LogP contribution in [0.15, 0.2) is 12.4 Å². The second kappa shape index (κ2) is 7.48. The van der Waals surface area contributed by atoms with Gasteiger partial charge in [0.15, 0.2) is 5.13 Å². The van der Waals surface area contributed by atoms with Crippen molar-refractivity contribution < 1.29 is 4.74 Å². The van der Waals surface area contributed by atoms with Gasteiger partial charge in [0.05, 0.1) is 23.8 Å². The van der Waals surface area contributed by atoms with Gasteiger partial charge in [-0.15, -0.1) is 0 Å². The minimum atomic E-state index is 0.548. The molecule has 7 nitrogen and oxygen atoms in total. The van der Waals surface area contributed by atoms with Crippen molar-refractivity contribution in [3.05, 3.63) is 23.0 Å². The van der Waals surface area contributed by atoms with E-state index in [1.54, 1.807) is 6.33 Å². The molecule has 1 aliphatic carbocycles. The minimum absolute atomic E-state index is 0.548. The number of anilines is 3. The number of thiazole rings is 1. The lowest BCUT2D eigenvalue weighted by Crippen LogP contribution is -2.46. The van der Waals surface area contributed by atoms with Gasteiger partial charge in [0.1, 0.15) is 18.0 Å². The fourth-order valence-corrected chi connectivity index (χ4v) is 5.33. The Labute approximate surface area is 170 Å². The molecule has 0 atom stereocenters. The van der Waals surface area contributed by atoms with Crippen LogP contribution in [0.2, 0.25) is 0 Å². The van der Waals surface area contributed by atoms with E-state index in [1.165, 1.54) is 28.5 Å². The SMILES string of the molecule is CN(C)c1cc(N(C2CC2)C2CCN(c3nc4c(s3)COCC4)CC2)ncn1. The van der Waals surface area contributed by atoms with Crippen LogP contribution in [-0.2, 0) is 17.8 Å². The number of nitrogens with zero attached hydrogens (tertiary/aromatic N) is 6. The molecule has 0 aromatic carbocycles. The Morgan fingerprint density at radius 2 is 1.82 bits per heavy atom. The van der Waals surface area contributed by atoms with Crippen LogP contribution >= 0.6 is 11.3 Å². The third-order valence-corrected chi connectivity index (χ3v) is 7.04. The second-order valence-corrected chi connectivity index (χ2v) is 9.22. The van der Waals surface area contributed by atoms with Crippen LogP contribution in [0, 0.1) is 0 Å². The molecule has 0 amide bonds. The minimum Gasteiger partial charge on any atom is -0.375 e. The Morgan fingerprint density at radius 1 is 1.07 bits per heavy atom. The average molecular weight is 401 g/mol. The number of hydrogen-bond acceptors (Lipinski definition) is 8. The van der Waals surface area contributed by atoms with Gasteiger partial charge < -0.3 is 19.4 Å². The van der Waals surface area contributed by atoms with Gasteiger partial charge in [-0.2, -0.15) is 0 Å². The highest BCUT2D eigenvalue weighted by Crippen LogP contribution is 2.37. The Balaban J connectivity index is 1.29. The van der Waals surface area contributed by atoms with E-state index in [4.69, 9.17) is 9.72 Å². The van der Waals surface area contributed by atoms with Crippen LogP contribution in [0.1, 0.15) is 36.3 Å². The van der Waals surface area contributed by atoms with Crippen molar-refractivity contribution >= 4 is 28.1 Å². The molecule has 28 heavy (non-hydrogen) atoms. The summed E-state index contributed by atoms with van der Waals surface area (Å²) < 4.78 is 5.58. The van der Waals surface area contributed by atoms with Crippen molar-refractivity contribution in [3.8, 4) is 0 Å². The van der Waals surface area contributed by atoms with Gasteiger partial charge in [-0.1, -0.05) is 11.3 Å². The Bertz CT molecular complexity index is 804. The monoisotopic (exact) mass is 400 g/mol. The summed E-state index contributed by atoms with van der Waals surface area (Å²) in [4.78, 5) is 22.3. The van der Waals surface area contributed by atoms with Gasteiger partial charge in [-0.3, -0.25) is 0 Å². The number of hydrogen-bond donors (Lipinski definition) is 0. The van der Waals surface area contributed by atoms with E-state index in [0.717, 1.165) is 57.2 Å². The van der Waals surface area contributed by atoms with Crippen LogP contribution in [0.3, 0.4) is 0 Å². The van der Waals surface area contributed by atoms with Crippen LogP contribution in [0.4, 0.5) is 16.8 Å². The summed E-state index contributed by atoms with van der Waals surface area (Å²) in [7, 11) is 4.06. The van der Waals surface area contributed by atoms with Crippen molar-refractivity contribution in [2.45, 2.75) is 50.8 Å². The van der Waals surface area contributed by atoms with Crippen molar-refractivity contribution in [2.75, 3.05) is 48.5 Å².